The van der Waals surface area contributed by atoms with Crippen LogP contribution in [0.2, 0.25) is 0 Å². The molecule has 6 nitrogen and oxygen atoms in total. The van der Waals surface area contributed by atoms with Gasteiger partial charge in [0.05, 0.1) is 0 Å². The summed E-state index contributed by atoms with van der Waals surface area (Å²) < 4.78 is 0. The number of nitrogens with zero attached hydrogens (tertiary/aromatic N) is 4. The minimum absolute atomic E-state index is 0.0966. The highest BCUT2D eigenvalue weighted by Gasteiger charge is 2.23. The zero-order valence-electron chi connectivity index (χ0n) is 16.7. The Morgan fingerprint density at radius 2 is 1.83 bits per heavy atom. The fraction of sp³-hybridized carbons (Fsp3) is 0.364. The van der Waals surface area contributed by atoms with Crippen molar-refractivity contribution >= 4 is 23.2 Å². The van der Waals surface area contributed by atoms with E-state index < -0.39 is 0 Å². The second kappa shape index (κ2) is 8.69. The smallest absolute Gasteiger partial charge is 0.270 e. The number of hydrogen-bond donors (Lipinski definition) is 1. The van der Waals surface area contributed by atoms with Crippen LogP contribution in [0.15, 0.2) is 48.1 Å². The van der Waals surface area contributed by atoms with Crippen LogP contribution in [0.1, 0.15) is 48.7 Å². The van der Waals surface area contributed by atoms with Crippen LogP contribution in [-0.2, 0) is 0 Å². The highest BCUT2D eigenvalue weighted by atomic mass is 32.1. The molecule has 1 amide bonds. The van der Waals surface area contributed by atoms with Crippen LogP contribution in [0.25, 0.3) is 10.6 Å². The third-order valence-electron chi connectivity index (χ3n) is 5.23. The maximum Gasteiger partial charge on any atom is 0.270 e. The van der Waals surface area contributed by atoms with Gasteiger partial charge in [-0.3, -0.25) is 4.79 Å². The summed E-state index contributed by atoms with van der Waals surface area (Å²) in [6.45, 7) is 6.02. The topological polar surface area (TPSA) is 71.0 Å². The molecule has 29 heavy (non-hydrogen) atoms. The molecule has 1 aliphatic rings. The Morgan fingerprint density at radius 1 is 1.14 bits per heavy atom. The standard InChI is InChI=1S/C22H25N5OS/c1-15(2)16-4-6-17(7-5-16)21-26-19(14-29-21)20(28)25-18-8-12-27(13-9-18)22-23-10-3-11-24-22/h3-7,10-11,14-15,18H,8-9,12-13H2,1-2H3,(H,25,28). The van der Waals surface area contributed by atoms with Crippen LogP contribution in [0.4, 0.5) is 5.95 Å². The fourth-order valence-corrected chi connectivity index (χ4v) is 4.27. The summed E-state index contributed by atoms with van der Waals surface area (Å²) in [5, 5.41) is 5.85. The van der Waals surface area contributed by atoms with E-state index in [0.717, 1.165) is 42.5 Å². The number of rotatable bonds is 5. The number of anilines is 1. The van der Waals surface area contributed by atoms with Gasteiger partial charge in [-0.1, -0.05) is 38.1 Å². The molecule has 150 valence electrons. The number of amides is 1. The molecular weight excluding hydrogens is 382 g/mol. The van der Waals surface area contributed by atoms with E-state index in [1.165, 1.54) is 16.9 Å². The first-order valence-corrected chi connectivity index (χ1v) is 10.9. The van der Waals surface area contributed by atoms with Gasteiger partial charge in [0.1, 0.15) is 10.7 Å². The minimum atomic E-state index is -0.0966. The van der Waals surface area contributed by atoms with Gasteiger partial charge in [-0.15, -0.1) is 11.3 Å². The maximum atomic E-state index is 12.6. The predicted octanol–water partition coefficient (Wildman–Crippen LogP) is 4.12. The minimum Gasteiger partial charge on any atom is -0.348 e. The lowest BCUT2D eigenvalue weighted by Gasteiger charge is -2.32. The third kappa shape index (κ3) is 4.62. The number of carbonyl (C=O) groups excluding carboxylic acids is 1. The van der Waals surface area contributed by atoms with E-state index in [9.17, 15) is 4.79 Å². The number of nitrogens with one attached hydrogen (secondary N) is 1. The van der Waals surface area contributed by atoms with Crippen molar-refractivity contribution in [2.24, 2.45) is 0 Å². The second-order valence-corrected chi connectivity index (χ2v) is 8.46. The SMILES string of the molecule is CC(C)c1ccc(-c2nc(C(=O)NC3CCN(c4ncccn4)CC3)cs2)cc1. The maximum absolute atomic E-state index is 12.6. The molecule has 7 heteroatoms. The Morgan fingerprint density at radius 3 is 2.48 bits per heavy atom. The average molecular weight is 408 g/mol. The van der Waals surface area contributed by atoms with E-state index in [0.29, 0.717) is 11.6 Å². The Balaban J connectivity index is 1.34. The third-order valence-corrected chi connectivity index (χ3v) is 6.12. The molecule has 0 radical (unpaired) electrons. The lowest BCUT2D eigenvalue weighted by molar-refractivity contribution is 0.0927. The van der Waals surface area contributed by atoms with Gasteiger partial charge in [-0.2, -0.15) is 0 Å². The van der Waals surface area contributed by atoms with Gasteiger partial charge in [0.15, 0.2) is 0 Å². The quantitative estimate of drug-likeness (QED) is 0.689. The first-order chi connectivity index (χ1) is 14.1. The summed E-state index contributed by atoms with van der Waals surface area (Å²) in [5.74, 6) is 1.16. The molecule has 0 unspecified atom stereocenters. The lowest BCUT2D eigenvalue weighted by Crippen LogP contribution is -2.45. The summed E-state index contributed by atoms with van der Waals surface area (Å²) in [7, 11) is 0. The van der Waals surface area contributed by atoms with E-state index >= 15 is 0 Å². The summed E-state index contributed by atoms with van der Waals surface area (Å²) in [5.41, 5.74) is 2.84. The van der Waals surface area contributed by atoms with E-state index in [-0.39, 0.29) is 11.9 Å². The van der Waals surface area contributed by atoms with Crippen molar-refractivity contribution in [3.8, 4) is 10.6 Å². The number of piperidine rings is 1. The molecular formula is C22H25N5OS. The first kappa shape index (κ1) is 19.5. The van der Waals surface area contributed by atoms with Crippen LogP contribution < -0.4 is 10.2 Å². The lowest BCUT2D eigenvalue weighted by atomic mass is 10.0. The summed E-state index contributed by atoms with van der Waals surface area (Å²) in [6.07, 6.45) is 5.26. The van der Waals surface area contributed by atoms with Crippen molar-refractivity contribution in [3.63, 3.8) is 0 Å². The molecule has 0 atom stereocenters. The second-order valence-electron chi connectivity index (χ2n) is 7.60. The Kier molecular flexibility index (Phi) is 5.85. The van der Waals surface area contributed by atoms with Crippen molar-refractivity contribution in [3.05, 3.63) is 59.4 Å². The van der Waals surface area contributed by atoms with Gasteiger partial charge >= 0.3 is 0 Å². The highest BCUT2D eigenvalue weighted by molar-refractivity contribution is 7.13. The predicted molar refractivity (Wildman–Crippen MR) is 116 cm³/mol. The highest BCUT2D eigenvalue weighted by Crippen LogP contribution is 2.26. The number of carbonyl (C=O) groups is 1. The van der Waals surface area contributed by atoms with Gasteiger partial charge < -0.3 is 10.2 Å². The molecule has 0 aliphatic carbocycles. The van der Waals surface area contributed by atoms with Gasteiger partial charge in [0.25, 0.3) is 5.91 Å². The Hall–Kier alpha value is -2.80. The molecule has 1 aliphatic heterocycles. The molecule has 1 N–H and O–H groups in total. The Labute approximate surface area is 175 Å². The van der Waals surface area contributed by atoms with E-state index in [1.807, 2.05) is 11.4 Å². The normalized spacial score (nSPS) is 14.9. The van der Waals surface area contributed by atoms with E-state index in [1.54, 1.807) is 12.4 Å². The number of aromatic nitrogens is 3. The van der Waals surface area contributed by atoms with E-state index in [4.69, 9.17) is 0 Å². The molecule has 0 saturated carbocycles. The van der Waals surface area contributed by atoms with Crippen LogP contribution in [0.5, 0.6) is 0 Å². The molecule has 2 aromatic heterocycles. The fourth-order valence-electron chi connectivity index (χ4n) is 3.46. The van der Waals surface area contributed by atoms with Crippen LogP contribution in [0.3, 0.4) is 0 Å². The molecule has 3 aromatic rings. The Bertz CT molecular complexity index is 947. The molecule has 0 bridgehead atoms. The van der Waals surface area contributed by atoms with Crippen molar-refractivity contribution < 1.29 is 4.79 Å². The molecule has 3 heterocycles. The molecule has 1 saturated heterocycles. The summed E-state index contributed by atoms with van der Waals surface area (Å²) >= 11 is 1.51. The largest absolute Gasteiger partial charge is 0.348 e. The van der Waals surface area contributed by atoms with Crippen LogP contribution in [0, 0.1) is 0 Å². The van der Waals surface area contributed by atoms with Gasteiger partial charge in [-0.25, -0.2) is 15.0 Å². The van der Waals surface area contributed by atoms with E-state index in [2.05, 4.69) is 63.3 Å². The number of hydrogen-bond acceptors (Lipinski definition) is 6. The molecule has 1 fully saturated rings. The zero-order chi connectivity index (χ0) is 20.2. The number of benzene rings is 1. The van der Waals surface area contributed by atoms with Crippen molar-refractivity contribution in [2.75, 3.05) is 18.0 Å². The zero-order valence-corrected chi connectivity index (χ0v) is 17.5. The summed E-state index contributed by atoms with van der Waals surface area (Å²) in [4.78, 5) is 28.0. The van der Waals surface area contributed by atoms with Crippen molar-refractivity contribution in [1.29, 1.82) is 0 Å². The van der Waals surface area contributed by atoms with Crippen LogP contribution >= 0.6 is 11.3 Å². The summed E-state index contributed by atoms with van der Waals surface area (Å²) in [6, 6.07) is 10.4. The molecule has 1 aromatic carbocycles. The first-order valence-electron chi connectivity index (χ1n) is 9.99. The van der Waals surface area contributed by atoms with Gasteiger partial charge in [0, 0.05) is 42.5 Å². The van der Waals surface area contributed by atoms with Crippen molar-refractivity contribution in [1.82, 2.24) is 20.3 Å². The average Bonchev–Trinajstić information content (AvgIpc) is 3.25. The van der Waals surface area contributed by atoms with Gasteiger partial charge in [-0.05, 0) is 30.4 Å². The van der Waals surface area contributed by atoms with Crippen LogP contribution in [-0.4, -0.2) is 40.0 Å². The monoisotopic (exact) mass is 407 g/mol. The van der Waals surface area contributed by atoms with Crippen molar-refractivity contribution in [2.45, 2.75) is 38.6 Å². The van der Waals surface area contributed by atoms with Gasteiger partial charge in [0.2, 0.25) is 5.95 Å². The molecule has 0 spiro atoms. The number of thiazole rings is 1. The molecule has 4 rings (SSSR count).